The molecule has 2 N–H and O–H groups in total. The summed E-state index contributed by atoms with van der Waals surface area (Å²) in [5.74, 6) is -0.319. The Morgan fingerprint density at radius 3 is 2.29 bits per heavy atom. The van der Waals surface area contributed by atoms with Crippen molar-refractivity contribution in [1.82, 2.24) is 0 Å². The first-order valence-electron chi connectivity index (χ1n) is 10.7. The van der Waals surface area contributed by atoms with E-state index in [0.29, 0.717) is 28.6 Å². The maximum Gasteiger partial charge on any atom is 0.340 e. The van der Waals surface area contributed by atoms with E-state index < -0.39 is 18.5 Å². The summed E-state index contributed by atoms with van der Waals surface area (Å²) in [6.07, 6.45) is 0.751. The maximum atomic E-state index is 12.6. The van der Waals surface area contributed by atoms with Crippen LogP contribution in [0.15, 0.2) is 66.7 Å². The lowest BCUT2D eigenvalue weighted by Gasteiger charge is -2.12. The second-order valence-electron chi connectivity index (χ2n) is 7.42. The van der Waals surface area contributed by atoms with Gasteiger partial charge in [0.25, 0.3) is 5.91 Å². The number of nitrogens with one attached hydrogen (secondary N) is 2. The number of aryl methyl sites for hydroxylation is 1. The molecule has 35 heavy (non-hydrogen) atoms. The van der Waals surface area contributed by atoms with Crippen LogP contribution < -0.4 is 20.1 Å². The molecule has 0 saturated heterocycles. The molecule has 0 unspecified atom stereocenters. The molecule has 0 aromatic heterocycles. The van der Waals surface area contributed by atoms with Gasteiger partial charge >= 0.3 is 5.97 Å². The molecule has 0 radical (unpaired) electrons. The number of rotatable bonds is 10. The topological polar surface area (TPSA) is 103 Å². The van der Waals surface area contributed by atoms with Crippen LogP contribution in [0, 0.1) is 0 Å². The monoisotopic (exact) mass is 496 g/mol. The van der Waals surface area contributed by atoms with E-state index in [2.05, 4.69) is 10.6 Å². The number of hydrogen-bond donors (Lipinski definition) is 2. The molecule has 0 spiro atoms. The minimum absolute atomic E-state index is 0.144. The van der Waals surface area contributed by atoms with Gasteiger partial charge in [0.05, 0.1) is 30.5 Å². The van der Waals surface area contributed by atoms with Gasteiger partial charge in [0, 0.05) is 12.1 Å². The number of hydrogen-bond acceptors (Lipinski definition) is 6. The van der Waals surface area contributed by atoms with E-state index in [4.69, 9.17) is 25.8 Å². The Kier molecular flexibility index (Phi) is 9.09. The summed E-state index contributed by atoms with van der Waals surface area (Å²) >= 11 is 6.05. The van der Waals surface area contributed by atoms with Crippen LogP contribution in [0.3, 0.4) is 0 Å². The number of anilines is 2. The Labute approximate surface area is 208 Å². The van der Waals surface area contributed by atoms with Crippen LogP contribution in [-0.4, -0.2) is 38.6 Å². The Balaban J connectivity index is 1.53. The molecule has 0 saturated carbocycles. The van der Waals surface area contributed by atoms with Crippen LogP contribution >= 0.6 is 11.6 Å². The van der Waals surface area contributed by atoms with Crippen molar-refractivity contribution >= 4 is 40.8 Å². The summed E-state index contributed by atoms with van der Waals surface area (Å²) in [6.45, 7) is -0.512. The van der Waals surface area contributed by atoms with Crippen LogP contribution in [0.25, 0.3) is 0 Å². The highest BCUT2D eigenvalue weighted by Gasteiger charge is 2.16. The lowest BCUT2D eigenvalue weighted by Crippen LogP contribution is -2.22. The fraction of sp³-hybridized carbons (Fsp3) is 0.192. The molecule has 0 fully saturated rings. The number of amides is 2. The second kappa shape index (κ2) is 12.4. The number of carbonyl (C=O) groups is 3. The van der Waals surface area contributed by atoms with Gasteiger partial charge in [-0.15, -0.1) is 0 Å². The molecule has 3 aromatic rings. The predicted molar refractivity (Wildman–Crippen MR) is 133 cm³/mol. The second-order valence-corrected chi connectivity index (χ2v) is 7.82. The van der Waals surface area contributed by atoms with Gasteiger partial charge < -0.3 is 24.8 Å². The van der Waals surface area contributed by atoms with Crippen molar-refractivity contribution in [2.24, 2.45) is 0 Å². The van der Waals surface area contributed by atoms with Gasteiger partial charge in [-0.2, -0.15) is 0 Å². The first-order chi connectivity index (χ1) is 16.9. The maximum absolute atomic E-state index is 12.6. The van der Waals surface area contributed by atoms with Crippen molar-refractivity contribution < 1.29 is 28.6 Å². The quantitative estimate of drug-likeness (QED) is 0.393. The highest BCUT2D eigenvalue weighted by molar-refractivity contribution is 6.32. The van der Waals surface area contributed by atoms with Crippen LogP contribution in [0.4, 0.5) is 11.4 Å². The van der Waals surface area contributed by atoms with E-state index in [0.717, 1.165) is 11.3 Å². The molecule has 9 heteroatoms. The molecule has 2 amide bonds. The Morgan fingerprint density at radius 1 is 0.857 bits per heavy atom. The number of para-hydroxylation sites is 1. The molecule has 182 valence electrons. The summed E-state index contributed by atoms with van der Waals surface area (Å²) in [5, 5.41) is 5.66. The largest absolute Gasteiger partial charge is 0.497 e. The first kappa shape index (κ1) is 25.6. The standard InChI is InChI=1S/C26H25ClN2O6/c1-33-19-11-7-17(8-12-19)9-14-24(30)29-22-6-4-3-5-20(22)26(32)35-16-25(31)28-18-10-13-23(34-2)21(27)15-18/h3-8,10-13,15H,9,14,16H2,1-2H3,(H,28,31)(H,29,30). The van der Waals surface area contributed by atoms with Gasteiger partial charge in [0.15, 0.2) is 6.61 Å². The molecule has 0 aliphatic rings. The van der Waals surface area contributed by atoms with E-state index in [1.165, 1.54) is 19.2 Å². The third kappa shape index (κ3) is 7.48. The number of halogens is 1. The number of methoxy groups -OCH3 is 2. The van der Waals surface area contributed by atoms with Crippen LogP contribution in [0.1, 0.15) is 22.3 Å². The zero-order valence-corrected chi connectivity index (χ0v) is 20.1. The molecule has 0 bridgehead atoms. The van der Waals surface area contributed by atoms with Gasteiger partial charge in [0.2, 0.25) is 5.91 Å². The third-order valence-corrected chi connectivity index (χ3v) is 5.29. The Bertz CT molecular complexity index is 1200. The highest BCUT2D eigenvalue weighted by Crippen LogP contribution is 2.27. The van der Waals surface area contributed by atoms with Gasteiger partial charge in [-0.1, -0.05) is 35.9 Å². The van der Waals surface area contributed by atoms with Gasteiger partial charge in [0.1, 0.15) is 11.5 Å². The summed E-state index contributed by atoms with van der Waals surface area (Å²) in [4.78, 5) is 37.2. The first-order valence-corrected chi connectivity index (χ1v) is 11.1. The predicted octanol–water partition coefficient (Wildman–Crippen LogP) is 4.72. The minimum atomic E-state index is -0.737. The van der Waals surface area contributed by atoms with Gasteiger partial charge in [-0.05, 0) is 54.4 Å². The molecule has 0 atom stereocenters. The summed E-state index contributed by atoms with van der Waals surface area (Å²) in [7, 11) is 3.08. The molecule has 0 heterocycles. The molecule has 0 aliphatic carbocycles. The highest BCUT2D eigenvalue weighted by atomic mass is 35.5. The van der Waals surface area contributed by atoms with Crippen molar-refractivity contribution in [3.05, 3.63) is 82.9 Å². The van der Waals surface area contributed by atoms with Crippen LogP contribution in [0.5, 0.6) is 11.5 Å². The van der Waals surface area contributed by atoms with Crippen molar-refractivity contribution in [2.75, 3.05) is 31.5 Å². The lowest BCUT2D eigenvalue weighted by molar-refractivity contribution is -0.119. The third-order valence-electron chi connectivity index (χ3n) is 4.99. The zero-order chi connectivity index (χ0) is 25.2. The molecule has 3 rings (SSSR count). The van der Waals surface area contributed by atoms with E-state index in [1.807, 2.05) is 24.3 Å². The Hall–Kier alpha value is -4.04. The summed E-state index contributed by atoms with van der Waals surface area (Å²) < 4.78 is 15.3. The molecule has 3 aromatic carbocycles. The SMILES string of the molecule is COc1ccc(CCC(=O)Nc2ccccc2C(=O)OCC(=O)Nc2ccc(OC)c(Cl)c2)cc1. The van der Waals surface area contributed by atoms with E-state index in [-0.39, 0.29) is 17.9 Å². The fourth-order valence-corrected chi connectivity index (χ4v) is 3.44. The normalized spacial score (nSPS) is 10.3. The van der Waals surface area contributed by atoms with Crippen molar-refractivity contribution in [3.63, 3.8) is 0 Å². The van der Waals surface area contributed by atoms with Gasteiger partial charge in [-0.3, -0.25) is 9.59 Å². The average molecular weight is 497 g/mol. The van der Waals surface area contributed by atoms with Crippen molar-refractivity contribution in [1.29, 1.82) is 0 Å². The van der Waals surface area contributed by atoms with E-state index >= 15 is 0 Å². The van der Waals surface area contributed by atoms with Crippen LogP contribution in [-0.2, 0) is 20.7 Å². The van der Waals surface area contributed by atoms with Crippen molar-refractivity contribution in [2.45, 2.75) is 12.8 Å². The molecule has 0 aliphatic heterocycles. The van der Waals surface area contributed by atoms with Crippen molar-refractivity contribution in [3.8, 4) is 11.5 Å². The van der Waals surface area contributed by atoms with Crippen LogP contribution in [0.2, 0.25) is 5.02 Å². The summed E-state index contributed by atoms with van der Waals surface area (Å²) in [5.41, 5.74) is 1.87. The smallest absolute Gasteiger partial charge is 0.340 e. The van der Waals surface area contributed by atoms with E-state index in [9.17, 15) is 14.4 Å². The fourth-order valence-electron chi connectivity index (χ4n) is 3.18. The minimum Gasteiger partial charge on any atom is -0.497 e. The summed E-state index contributed by atoms with van der Waals surface area (Å²) in [6, 6.07) is 18.6. The average Bonchev–Trinajstić information content (AvgIpc) is 2.87. The van der Waals surface area contributed by atoms with E-state index in [1.54, 1.807) is 37.4 Å². The number of esters is 1. The lowest BCUT2D eigenvalue weighted by atomic mass is 10.1. The molecule has 8 nitrogen and oxygen atoms in total. The molecular formula is C26H25ClN2O6. The zero-order valence-electron chi connectivity index (χ0n) is 19.3. The Morgan fingerprint density at radius 2 is 1.60 bits per heavy atom. The van der Waals surface area contributed by atoms with Gasteiger partial charge in [-0.25, -0.2) is 4.79 Å². The molecular weight excluding hydrogens is 472 g/mol. The number of benzene rings is 3. The number of ether oxygens (including phenoxy) is 3. The number of carbonyl (C=O) groups excluding carboxylic acids is 3.